The van der Waals surface area contributed by atoms with Crippen molar-refractivity contribution in [3.63, 3.8) is 0 Å². The highest BCUT2D eigenvalue weighted by atomic mass is 35.5. The van der Waals surface area contributed by atoms with Crippen molar-refractivity contribution >= 4 is 40.8 Å². The Morgan fingerprint density at radius 3 is 2.32 bits per heavy atom. The highest BCUT2D eigenvalue weighted by Gasteiger charge is 2.48. The predicted molar refractivity (Wildman–Crippen MR) is 122 cm³/mol. The minimum absolute atomic E-state index is 0.105. The molecule has 0 bridgehead atoms. The number of halogens is 1. The normalized spacial score (nSPS) is 17.2. The van der Waals surface area contributed by atoms with Gasteiger partial charge >= 0.3 is 11.9 Å². The highest BCUT2D eigenvalue weighted by Crippen LogP contribution is 2.42. The molecular formula is C24H19ClN2O7. The van der Waals surface area contributed by atoms with Crippen LogP contribution in [0.15, 0.2) is 58.6 Å². The summed E-state index contributed by atoms with van der Waals surface area (Å²) in [7, 11) is 2.71. The van der Waals surface area contributed by atoms with E-state index < -0.39 is 29.5 Å². The summed E-state index contributed by atoms with van der Waals surface area (Å²) in [6.07, 6.45) is 0. The van der Waals surface area contributed by atoms with Gasteiger partial charge in [-0.25, -0.2) is 4.79 Å². The monoisotopic (exact) mass is 482 g/mol. The van der Waals surface area contributed by atoms with Crippen LogP contribution in [0.5, 0.6) is 5.75 Å². The Morgan fingerprint density at radius 1 is 1.09 bits per heavy atom. The van der Waals surface area contributed by atoms with Crippen LogP contribution in [0, 0.1) is 6.92 Å². The first-order valence-electron chi connectivity index (χ1n) is 10.0. The molecule has 1 aromatic heterocycles. The van der Waals surface area contributed by atoms with Gasteiger partial charge in [0.25, 0.3) is 5.78 Å². The van der Waals surface area contributed by atoms with Crippen LogP contribution >= 0.6 is 11.6 Å². The quantitative estimate of drug-likeness (QED) is 0.250. The number of aromatic nitrogens is 1. The Hall–Kier alpha value is -4.11. The number of esters is 1. The second kappa shape index (κ2) is 9.03. The minimum Gasteiger partial charge on any atom is -0.507 e. The van der Waals surface area contributed by atoms with Gasteiger partial charge in [0, 0.05) is 11.6 Å². The fraction of sp³-hybridized carbons (Fsp3) is 0.167. The molecule has 174 valence electrons. The number of hydrogen-bond donors (Lipinski definition) is 1. The van der Waals surface area contributed by atoms with Crippen LogP contribution < -0.4 is 9.64 Å². The van der Waals surface area contributed by atoms with Crippen molar-refractivity contribution in [2.75, 3.05) is 19.1 Å². The maximum absolute atomic E-state index is 13.1. The number of aliphatic hydroxyl groups excluding tert-OH is 1. The topological polar surface area (TPSA) is 119 Å². The maximum Gasteiger partial charge on any atom is 0.337 e. The molecule has 0 radical (unpaired) electrons. The molecule has 9 nitrogen and oxygen atoms in total. The molecule has 2 aromatic carbocycles. The lowest BCUT2D eigenvalue weighted by atomic mass is 9.94. The summed E-state index contributed by atoms with van der Waals surface area (Å²) in [5, 5.41) is 15.2. The number of aryl methyl sites for hydroxylation is 1. The zero-order valence-corrected chi connectivity index (χ0v) is 19.1. The van der Waals surface area contributed by atoms with Crippen molar-refractivity contribution in [1.82, 2.24) is 5.16 Å². The molecule has 1 N–H and O–H groups in total. The highest BCUT2D eigenvalue weighted by molar-refractivity contribution is 6.51. The Kier molecular flexibility index (Phi) is 6.12. The van der Waals surface area contributed by atoms with Crippen LogP contribution in [-0.2, 0) is 14.3 Å². The molecule has 3 aromatic rings. The lowest BCUT2D eigenvalue weighted by Gasteiger charge is -2.23. The third-order valence-corrected chi connectivity index (χ3v) is 5.67. The number of nitrogens with zero attached hydrogens (tertiary/aromatic N) is 2. The molecule has 1 fully saturated rings. The largest absolute Gasteiger partial charge is 0.507 e. The molecule has 0 saturated carbocycles. The van der Waals surface area contributed by atoms with Crippen LogP contribution in [-0.4, -0.2) is 42.1 Å². The summed E-state index contributed by atoms with van der Waals surface area (Å²) < 4.78 is 15.0. The van der Waals surface area contributed by atoms with Crippen LogP contribution in [0.2, 0.25) is 5.02 Å². The molecule has 0 spiro atoms. The van der Waals surface area contributed by atoms with E-state index in [0.717, 1.165) is 4.90 Å². The lowest BCUT2D eigenvalue weighted by Crippen LogP contribution is -2.29. The SMILES string of the molecule is COC(=O)c1ccc(C2/C(=C(\O)c3ccc(OC)c(Cl)c3)C(=O)C(=O)N2c2cc(C)on2)cc1. The van der Waals surface area contributed by atoms with E-state index in [1.807, 2.05) is 0 Å². The second-order valence-corrected chi connectivity index (χ2v) is 7.83. The lowest BCUT2D eigenvalue weighted by molar-refractivity contribution is -0.132. The molecule has 34 heavy (non-hydrogen) atoms. The van der Waals surface area contributed by atoms with Gasteiger partial charge in [-0.15, -0.1) is 0 Å². The van der Waals surface area contributed by atoms with E-state index in [9.17, 15) is 19.5 Å². The summed E-state index contributed by atoms with van der Waals surface area (Å²) in [6.45, 7) is 1.65. The molecule has 1 aliphatic rings. The summed E-state index contributed by atoms with van der Waals surface area (Å²) in [4.78, 5) is 39.2. The molecule has 0 aliphatic carbocycles. The fourth-order valence-electron chi connectivity index (χ4n) is 3.74. The number of hydrogen-bond acceptors (Lipinski definition) is 8. The van der Waals surface area contributed by atoms with E-state index in [1.54, 1.807) is 19.1 Å². The fourth-order valence-corrected chi connectivity index (χ4v) is 4.00. The average Bonchev–Trinajstić information content (AvgIpc) is 3.38. The van der Waals surface area contributed by atoms with Crippen molar-refractivity contribution in [2.24, 2.45) is 0 Å². The molecular weight excluding hydrogens is 464 g/mol. The van der Waals surface area contributed by atoms with E-state index in [4.69, 9.17) is 25.6 Å². The first-order chi connectivity index (χ1) is 16.3. The van der Waals surface area contributed by atoms with Crippen molar-refractivity contribution in [2.45, 2.75) is 13.0 Å². The Balaban J connectivity index is 1.90. The van der Waals surface area contributed by atoms with Crippen molar-refractivity contribution in [3.8, 4) is 5.75 Å². The molecule has 1 unspecified atom stereocenters. The number of aliphatic hydroxyl groups is 1. The van der Waals surface area contributed by atoms with Crippen LogP contribution in [0.1, 0.15) is 33.3 Å². The van der Waals surface area contributed by atoms with Gasteiger partial charge in [-0.1, -0.05) is 28.9 Å². The summed E-state index contributed by atoms with van der Waals surface area (Å²) in [5.74, 6) is -1.85. The molecule has 2 heterocycles. The van der Waals surface area contributed by atoms with Gasteiger partial charge in [0.15, 0.2) is 5.82 Å². The molecule has 1 saturated heterocycles. The van der Waals surface area contributed by atoms with E-state index in [0.29, 0.717) is 17.1 Å². The van der Waals surface area contributed by atoms with Gasteiger partial charge in [0.1, 0.15) is 17.3 Å². The number of anilines is 1. The van der Waals surface area contributed by atoms with Crippen molar-refractivity contribution in [1.29, 1.82) is 0 Å². The molecule has 1 aliphatic heterocycles. The Labute approximate surface area is 199 Å². The van der Waals surface area contributed by atoms with Gasteiger partial charge in [0.2, 0.25) is 0 Å². The molecule has 10 heteroatoms. The van der Waals surface area contributed by atoms with E-state index in [-0.39, 0.29) is 27.5 Å². The number of carbonyl (C=O) groups is 3. The maximum atomic E-state index is 13.1. The third kappa shape index (κ3) is 3.90. The van der Waals surface area contributed by atoms with E-state index in [1.165, 1.54) is 50.6 Å². The van der Waals surface area contributed by atoms with Crippen LogP contribution in [0.3, 0.4) is 0 Å². The van der Waals surface area contributed by atoms with E-state index >= 15 is 0 Å². The number of Topliss-reactive ketones (excluding diaryl/α,β-unsaturated/α-hetero) is 1. The first-order valence-corrected chi connectivity index (χ1v) is 10.4. The Bertz CT molecular complexity index is 1330. The molecule has 1 amide bonds. The number of methoxy groups -OCH3 is 2. The zero-order valence-electron chi connectivity index (χ0n) is 18.4. The smallest absolute Gasteiger partial charge is 0.337 e. The Morgan fingerprint density at radius 2 is 1.76 bits per heavy atom. The number of amides is 1. The summed E-state index contributed by atoms with van der Waals surface area (Å²) >= 11 is 6.20. The van der Waals surface area contributed by atoms with Gasteiger partial charge < -0.3 is 19.1 Å². The third-order valence-electron chi connectivity index (χ3n) is 5.38. The summed E-state index contributed by atoms with van der Waals surface area (Å²) in [5.41, 5.74) is 0.783. The number of carbonyl (C=O) groups excluding carboxylic acids is 3. The molecule has 4 rings (SSSR count). The standard InChI is InChI=1S/C24H19ClN2O7/c1-12-10-18(26-34-12)27-20(13-4-6-14(7-5-13)24(31)33-3)19(22(29)23(27)30)21(28)15-8-9-17(32-2)16(25)11-15/h4-11,20,28H,1-3H3/b21-19+. The predicted octanol–water partition coefficient (Wildman–Crippen LogP) is 4.06. The number of ketones is 1. The van der Waals surface area contributed by atoms with Gasteiger partial charge in [-0.3, -0.25) is 14.5 Å². The van der Waals surface area contributed by atoms with Crippen molar-refractivity contribution < 1.29 is 33.5 Å². The molecule has 1 atom stereocenters. The second-order valence-electron chi connectivity index (χ2n) is 7.43. The van der Waals surface area contributed by atoms with Gasteiger partial charge in [-0.05, 0) is 42.8 Å². The zero-order chi connectivity index (χ0) is 24.6. The van der Waals surface area contributed by atoms with Gasteiger partial charge in [0.05, 0.1) is 36.4 Å². The first kappa shape index (κ1) is 23.1. The number of benzene rings is 2. The van der Waals surface area contributed by atoms with Gasteiger partial charge in [-0.2, -0.15) is 0 Å². The van der Waals surface area contributed by atoms with Crippen molar-refractivity contribution in [3.05, 3.63) is 81.6 Å². The van der Waals surface area contributed by atoms with Crippen LogP contribution in [0.4, 0.5) is 5.82 Å². The number of rotatable bonds is 5. The number of ether oxygens (including phenoxy) is 2. The van der Waals surface area contributed by atoms with Crippen LogP contribution in [0.25, 0.3) is 5.76 Å². The summed E-state index contributed by atoms with van der Waals surface area (Å²) in [6, 6.07) is 11.1. The average molecular weight is 483 g/mol. The minimum atomic E-state index is -1.04. The van der Waals surface area contributed by atoms with E-state index in [2.05, 4.69) is 5.16 Å².